The molecule has 3 aromatic rings. The molecule has 0 N–H and O–H groups in total. The number of hydrogen-bond acceptors (Lipinski definition) is 4. The van der Waals surface area contributed by atoms with Gasteiger partial charge in [-0.2, -0.15) is 0 Å². The summed E-state index contributed by atoms with van der Waals surface area (Å²) >= 11 is 3.50. The summed E-state index contributed by atoms with van der Waals surface area (Å²) in [5.41, 5.74) is 5.11. The van der Waals surface area contributed by atoms with Crippen molar-refractivity contribution in [3.8, 4) is 11.4 Å². The van der Waals surface area contributed by atoms with Gasteiger partial charge in [-0.15, -0.1) is 21.5 Å². The zero-order valence-corrected chi connectivity index (χ0v) is 14.9. The normalized spacial score (nSPS) is 11.1. The minimum absolute atomic E-state index is 0.912. The number of thiophene rings is 1. The maximum absolute atomic E-state index is 4.39. The molecule has 0 saturated heterocycles. The molecule has 0 aliphatic rings. The van der Waals surface area contributed by atoms with Crippen LogP contribution in [0.25, 0.3) is 11.4 Å². The highest BCUT2D eigenvalue weighted by atomic mass is 32.2. The van der Waals surface area contributed by atoms with Crippen molar-refractivity contribution in [1.29, 1.82) is 0 Å². The van der Waals surface area contributed by atoms with Crippen LogP contribution in [0.4, 0.5) is 0 Å². The second-order valence-electron chi connectivity index (χ2n) is 5.47. The van der Waals surface area contributed by atoms with Gasteiger partial charge in [0.25, 0.3) is 0 Å². The van der Waals surface area contributed by atoms with E-state index < -0.39 is 0 Å². The van der Waals surface area contributed by atoms with E-state index in [1.54, 1.807) is 23.1 Å². The van der Waals surface area contributed by atoms with E-state index in [-0.39, 0.29) is 0 Å². The lowest BCUT2D eigenvalue weighted by atomic mass is 10.2. The molecule has 0 amide bonds. The summed E-state index contributed by atoms with van der Waals surface area (Å²) in [4.78, 5) is 1.34. The molecule has 0 aliphatic heterocycles. The first-order valence-electron chi connectivity index (χ1n) is 7.19. The number of rotatable bonds is 4. The van der Waals surface area contributed by atoms with Gasteiger partial charge in [0.2, 0.25) is 0 Å². The van der Waals surface area contributed by atoms with E-state index in [2.05, 4.69) is 65.2 Å². The van der Waals surface area contributed by atoms with Crippen molar-refractivity contribution >= 4 is 23.1 Å². The lowest BCUT2D eigenvalue weighted by Crippen LogP contribution is -1.95. The van der Waals surface area contributed by atoms with Gasteiger partial charge in [0.1, 0.15) is 0 Å². The molecule has 0 aliphatic carbocycles. The molecule has 0 unspecified atom stereocenters. The number of hydrogen-bond donors (Lipinski definition) is 0. The number of aryl methyl sites for hydroxylation is 2. The molecule has 22 heavy (non-hydrogen) atoms. The van der Waals surface area contributed by atoms with Crippen molar-refractivity contribution in [1.82, 2.24) is 14.8 Å². The molecule has 3 rings (SSSR count). The first-order valence-corrected chi connectivity index (χ1v) is 9.05. The molecule has 0 saturated carbocycles. The molecule has 114 valence electrons. The maximum Gasteiger partial charge on any atom is 0.191 e. The van der Waals surface area contributed by atoms with Crippen LogP contribution >= 0.6 is 23.1 Å². The highest BCUT2D eigenvalue weighted by Crippen LogP contribution is 2.31. The molecular formula is C17H19N3S2. The summed E-state index contributed by atoms with van der Waals surface area (Å²) in [6, 6.07) is 8.60. The molecule has 3 nitrogen and oxygen atoms in total. The quantitative estimate of drug-likeness (QED) is 0.647. The summed E-state index contributed by atoms with van der Waals surface area (Å²) in [6.07, 6.45) is 0. The van der Waals surface area contributed by atoms with Gasteiger partial charge in [-0.3, -0.25) is 0 Å². The summed E-state index contributed by atoms with van der Waals surface area (Å²) < 4.78 is 2.09. The van der Waals surface area contributed by atoms with Crippen molar-refractivity contribution in [2.45, 2.75) is 31.7 Å². The lowest BCUT2D eigenvalue weighted by Gasteiger charge is -2.04. The molecule has 0 radical (unpaired) electrons. The summed E-state index contributed by atoms with van der Waals surface area (Å²) in [7, 11) is 2.04. The topological polar surface area (TPSA) is 30.7 Å². The first-order chi connectivity index (χ1) is 10.6. The third kappa shape index (κ3) is 2.96. The summed E-state index contributed by atoms with van der Waals surface area (Å²) in [6.45, 7) is 6.42. The van der Waals surface area contributed by atoms with E-state index in [4.69, 9.17) is 0 Å². The average Bonchev–Trinajstić information content (AvgIpc) is 3.01. The molecule has 0 bridgehead atoms. The fourth-order valence-corrected chi connectivity index (χ4v) is 4.08. The Kier molecular flexibility index (Phi) is 4.36. The highest BCUT2D eigenvalue weighted by molar-refractivity contribution is 7.98. The predicted molar refractivity (Wildman–Crippen MR) is 94.5 cm³/mol. The number of thioether (sulfide) groups is 1. The molecule has 0 atom stereocenters. The Balaban J connectivity index is 1.80. The van der Waals surface area contributed by atoms with Crippen molar-refractivity contribution in [2.75, 3.05) is 0 Å². The fourth-order valence-electron chi connectivity index (χ4n) is 2.36. The van der Waals surface area contributed by atoms with E-state index in [1.807, 2.05) is 7.05 Å². The van der Waals surface area contributed by atoms with Crippen LogP contribution in [-0.4, -0.2) is 14.8 Å². The van der Waals surface area contributed by atoms with Crippen LogP contribution < -0.4 is 0 Å². The monoisotopic (exact) mass is 329 g/mol. The fraction of sp³-hybridized carbons (Fsp3) is 0.294. The van der Waals surface area contributed by atoms with Crippen molar-refractivity contribution < 1.29 is 0 Å². The number of aromatic nitrogens is 3. The summed E-state index contributed by atoms with van der Waals surface area (Å²) in [5, 5.41) is 11.9. The smallest absolute Gasteiger partial charge is 0.191 e. The van der Waals surface area contributed by atoms with Gasteiger partial charge >= 0.3 is 0 Å². The minimum atomic E-state index is 0.912. The van der Waals surface area contributed by atoms with Gasteiger partial charge in [-0.1, -0.05) is 41.6 Å². The summed E-state index contributed by atoms with van der Waals surface area (Å²) in [5.74, 6) is 1.86. The zero-order valence-electron chi connectivity index (χ0n) is 13.3. The second-order valence-corrected chi connectivity index (χ2v) is 7.50. The lowest BCUT2D eigenvalue weighted by molar-refractivity contribution is 0.793. The Hall–Kier alpha value is -1.59. The predicted octanol–water partition coefficient (Wildman–Crippen LogP) is 4.76. The molecule has 2 aromatic heterocycles. The van der Waals surface area contributed by atoms with Gasteiger partial charge in [0, 0.05) is 28.6 Å². The van der Waals surface area contributed by atoms with E-state index in [9.17, 15) is 0 Å². The molecule has 0 spiro atoms. The van der Waals surface area contributed by atoms with Crippen LogP contribution in [0.1, 0.15) is 21.6 Å². The first kappa shape index (κ1) is 15.3. The van der Waals surface area contributed by atoms with Crippen LogP contribution in [0.2, 0.25) is 0 Å². The molecule has 1 aromatic carbocycles. The third-order valence-electron chi connectivity index (χ3n) is 3.81. The van der Waals surface area contributed by atoms with Crippen LogP contribution in [0.15, 0.2) is 34.8 Å². The maximum atomic E-state index is 4.39. The van der Waals surface area contributed by atoms with Crippen LogP contribution in [0.3, 0.4) is 0 Å². The Morgan fingerprint density at radius 1 is 1.18 bits per heavy atom. The molecule has 0 fully saturated rings. The molecule has 5 heteroatoms. The van der Waals surface area contributed by atoms with Crippen molar-refractivity contribution in [3.05, 3.63) is 51.2 Å². The molecular weight excluding hydrogens is 310 g/mol. The van der Waals surface area contributed by atoms with Gasteiger partial charge in [-0.05, 0) is 31.9 Å². The van der Waals surface area contributed by atoms with Crippen LogP contribution in [0.5, 0.6) is 0 Å². The highest BCUT2D eigenvalue weighted by Gasteiger charge is 2.15. The largest absolute Gasteiger partial charge is 0.305 e. The third-order valence-corrected chi connectivity index (χ3v) is 5.92. The van der Waals surface area contributed by atoms with Gasteiger partial charge in [0.05, 0.1) is 0 Å². The zero-order chi connectivity index (χ0) is 15.7. The number of nitrogens with zero attached hydrogens (tertiary/aromatic N) is 3. The van der Waals surface area contributed by atoms with Gasteiger partial charge < -0.3 is 4.57 Å². The average molecular weight is 329 g/mol. The van der Waals surface area contributed by atoms with Gasteiger partial charge in [-0.25, -0.2) is 0 Å². The number of benzene rings is 1. The molecule has 2 heterocycles. The SMILES string of the molecule is Cc1cccc(CSc2nnc(-c3csc(C)c3C)n2C)c1. The van der Waals surface area contributed by atoms with Crippen molar-refractivity contribution in [3.63, 3.8) is 0 Å². The van der Waals surface area contributed by atoms with E-state index in [0.29, 0.717) is 0 Å². The van der Waals surface area contributed by atoms with E-state index in [0.717, 1.165) is 16.7 Å². The standard InChI is InChI=1S/C17H19N3S2/c1-11-6-5-7-14(8-11)9-22-17-19-18-16(20(17)4)15-10-21-13(3)12(15)2/h5-8,10H,9H2,1-4H3. The minimum Gasteiger partial charge on any atom is -0.305 e. The Morgan fingerprint density at radius 3 is 2.68 bits per heavy atom. The van der Waals surface area contributed by atoms with Crippen molar-refractivity contribution in [2.24, 2.45) is 7.05 Å². The second kappa shape index (κ2) is 6.26. The Labute approximate surface area is 139 Å². The van der Waals surface area contributed by atoms with Crippen LogP contribution in [0, 0.1) is 20.8 Å². The Bertz CT molecular complexity index is 802. The van der Waals surface area contributed by atoms with Gasteiger partial charge in [0.15, 0.2) is 11.0 Å². The van der Waals surface area contributed by atoms with E-state index in [1.165, 1.54) is 27.1 Å². The Morgan fingerprint density at radius 2 is 2.00 bits per heavy atom. The van der Waals surface area contributed by atoms with Crippen LogP contribution in [-0.2, 0) is 12.8 Å². The van der Waals surface area contributed by atoms with E-state index >= 15 is 0 Å².